The molecule has 1 aliphatic heterocycles. The highest BCUT2D eigenvalue weighted by Gasteiger charge is 2.28. The molecule has 102 valence electrons. The van der Waals surface area contributed by atoms with Crippen LogP contribution in [-0.4, -0.2) is 39.0 Å². The van der Waals surface area contributed by atoms with Crippen LogP contribution in [0.3, 0.4) is 0 Å². The van der Waals surface area contributed by atoms with E-state index >= 15 is 0 Å². The highest BCUT2D eigenvalue weighted by molar-refractivity contribution is 5.15. The van der Waals surface area contributed by atoms with Gasteiger partial charge in [0.25, 0.3) is 0 Å². The van der Waals surface area contributed by atoms with Gasteiger partial charge in [-0.2, -0.15) is 5.10 Å². The molecule has 0 bridgehead atoms. The molecule has 0 amide bonds. The Kier molecular flexibility index (Phi) is 4.40. The highest BCUT2D eigenvalue weighted by atomic mass is 16.3. The summed E-state index contributed by atoms with van der Waals surface area (Å²) < 4.78 is 1.92. The summed E-state index contributed by atoms with van der Waals surface area (Å²) in [5.74, 6) is 0. The Bertz CT molecular complexity index is 386. The van der Waals surface area contributed by atoms with E-state index in [1.165, 1.54) is 31.5 Å². The van der Waals surface area contributed by atoms with Gasteiger partial charge in [0.15, 0.2) is 0 Å². The van der Waals surface area contributed by atoms with E-state index < -0.39 is 0 Å². The number of aromatic nitrogens is 2. The van der Waals surface area contributed by atoms with Crippen LogP contribution in [0.1, 0.15) is 50.5 Å². The number of hydrogen-bond acceptors (Lipinski definition) is 3. The van der Waals surface area contributed by atoms with Crippen molar-refractivity contribution >= 4 is 0 Å². The van der Waals surface area contributed by atoms with Crippen LogP contribution in [0, 0.1) is 0 Å². The molecule has 18 heavy (non-hydrogen) atoms. The van der Waals surface area contributed by atoms with E-state index in [9.17, 15) is 0 Å². The number of aliphatic hydroxyl groups is 1. The zero-order valence-electron chi connectivity index (χ0n) is 11.8. The zero-order valence-corrected chi connectivity index (χ0v) is 11.8. The summed E-state index contributed by atoms with van der Waals surface area (Å²) in [4.78, 5) is 2.55. The number of aliphatic hydroxyl groups excluding tert-OH is 1. The van der Waals surface area contributed by atoms with Crippen LogP contribution in [0.5, 0.6) is 0 Å². The molecule has 1 N–H and O–H groups in total. The molecular weight excluding hydrogens is 226 g/mol. The van der Waals surface area contributed by atoms with Crippen molar-refractivity contribution in [3.05, 3.63) is 17.5 Å². The fourth-order valence-corrected chi connectivity index (χ4v) is 2.93. The fourth-order valence-electron chi connectivity index (χ4n) is 2.93. The van der Waals surface area contributed by atoms with E-state index in [0.717, 1.165) is 5.69 Å². The van der Waals surface area contributed by atoms with Gasteiger partial charge in [0, 0.05) is 31.8 Å². The summed E-state index contributed by atoms with van der Waals surface area (Å²) >= 11 is 0. The van der Waals surface area contributed by atoms with E-state index in [-0.39, 0.29) is 6.61 Å². The summed E-state index contributed by atoms with van der Waals surface area (Å²) in [7, 11) is 1.97. The zero-order chi connectivity index (χ0) is 13.1. The Labute approximate surface area is 110 Å². The molecule has 1 saturated heterocycles. The van der Waals surface area contributed by atoms with Crippen LogP contribution in [-0.2, 0) is 13.5 Å². The van der Waals surface area contributed by atoms with Crippen molar-refractivity contribution < 1.29 is 5.11 Å². The van der Waals surface area contributed by atoms with Gasteiger partial charge in [-0.25, -0.2) is 0 Å². The van der Waals surface area contributed by atoms with Gasteiger partial charge < -0.3 is 5.11 Å². The minimum atomic E-state index is 0.192. The van der Waals surface area contributed by atoms with E-state index in [2.05, 4.69) is 29.9 Å². The standard InChI is InChI=1S/C14H25N3O/c1-11(2)17-8-5-4-6-14(17)13-10-12(7-9-18)16(3)15-13/h10-11,14,18H,4-9H2,1-3H3/t14-/m1/s1. The molecule has 1 atom stereocenters. The number of rotatable bonds is 4. The number of aryl methyl sites for hydroxylation is 1. The molecule has 0 spiro atoms. The van der Waals surface area contributed by atoms with Gasteiger partial charge in [-0.1, -0.05) is 6.42 Å². The van der Waals surface area contributed by atoms with Crippen LogP contribution in [0.2, 0.25) is 0 Å². The third kappa shape index (κ3) is 2.75. The van der Waals surface area contributed by atoms with Crippen molar-refractivity contribution in [1.82, 2.24) is 14.7 Å². The third-order valence-electron chi connectivity index (χ3n) is 3.91. The number of piperidine rings is 1. The van der Waals surface area contributed by atoms with Crippen molar-refractivity contribution in [3.63, 3.8) is 0 Å². The molecule has 1 fully saturated rings. The average molecular weight is 251 g/mol. The van der Waals surface area contributed by atoms with E-state index in [4.69, 9.17) is 5.11 Å². The maximum atomic E-state index is 9.05. The first-order valence-electron chi connectivity index (χ1n) is 7.03. The first kappa shape index (κ1) is 13.6. The van der Waals surface area contributed by atoms with Crippen LogP contribution >= 0.6 is 0 Å². The molecule has 0 radical (unpaired) electrons. The van der Waals surface area contributed by atoms with Gasteiger partial charge in [0.2, 0.25) is 0 Å². The average Bonchev–Trinajstić information content (AvgIpc) is 2.71. The first-order valence-corrected chi connectivity index (χ1v) is 7.03. The maximum absolute atomic E-state index is 9.05. The predicted octanol–water partition coefficient (Wildman–Crippen LogP) is 1.89. The van der Waals surface area contributed by atoms with Crippen molar-refractivity contribution in [2.45, 2.75) is 51.6 Å². The van der Waals surface area contributed by atoms with Crippen LogP contribution in [0.25, 0.3) is 0 Å². The second-order valence-electron chi connectivity index (χ2n) is 5.50. The summed E-state index contributed by atoms with van der Waals surface area (Å²) in [5, 5.41) is 13.7. The van der Waals surface area contributed by atoms with Gasteiger partial charge in [-0.15, -0.1) is 0 Å². The molecule has 1 aromatic heterocycles. The van der Waals surface area contributed by atoms with Gasteiger partial charge in [-0.05, 0) is 39.3 Å². The van der Waals surface area contributed by atoms with Gasteiger partial charge in [-0.3, -0.25) is 9.58 Å². The quantitative estimate of drug-likeness (QED) is 0.888. The monoisotopic (exact) mass is 251 g/mol. The second kappa shape index (κ2) is 5.85. The molecule has 1 aromatic rings. The third-order valence-corrected chi connectivity index (χ3v) is 3.91. The molecule has 1 aliphatic rings. The Balaban J connectivity index is 2.20. The van der Waals surface area contributed by atoms with Crippen molar-refractivity contribution in [1.29, 1.82) is 0 Å². The van der Waals surface area contributed by atoms with Crippen molar-refractivity contribution in [2.75, 3.05) is 13.2 Å². The summed E-state index contributed by atoms with van der Waals surface area (Å²) in [6.45, 7) is 5.89. The molecule has 0 aromatic carbocycles. The first-order chi connectivity index (χ1) is 8.63. The van der Waals surface area contributed by atoms with Gasteiger partial charge in [0.1, 0.15) is 0 Å². The molecule has 0 aliphatic carbocycles. The second-order valence-corrected chi connectivity index (χ2v) is 5.50. The topological polar surface area (TPSA) is 41.3 Å². The minimum Gasteiger partial charge on any atom is -0.396 e. The fraction of sp³-hybridized carbons (Fsp3) is 0.786. The number of hydrogen-bond donors (Lipinski definition) is 1. The maximum Gasteiger partial charge on any atom is 0.0799 e. The van der Waals surface area contributed by atoms with Crippen LogP contribution < -0.4 is 0 Å². The summed E-state index contributed by atoms with van der Waals surface area (Å²) in [6.07, 6.45) is 4.48. The van der Waals surface area contributed by atoms with Crippen LogP contribution in [0.4, 0.5) is 0 Å². The van der Waals surface area contributed by atoms with Gasteiger partial charge in [0.05, 0.1) is 11.7 Å². The summed E-state index contributed by atoms with van der Waals surface area (Å²) in [5.41, 5.74) is 2.30. The van der Waals surface area contributed by atoms with E-state index in [0.29, 0.717) is 18.5 Å². The lowest BCUT2D eigenvalue weighted by Gasteiger charge is -2.37. The van der Waals surface area contributed by atoms with Crippen molar-refractivity contribution in [3.8, 4) is 0 Å². The Morgan fingerprint density at radius 3 is 2.89 bits per heavy atom. The molecule has 4 nitrogen and oxygen atoms in total. The lowest BCUT2D eigenvalue weighted by Crippen LogP contribution is -2.38. The Morgan fingerprint density at radius 1 is 1.44 bits per heavy atom. The molecule has 4 heteroatoms. The molecule has 2 heterocycles. The van der Waals surface area contributed by atoms with Gasteiger partial charge >= 0.3 is 0 Å². The normalized spacial score (nSPS) is 21.7. The highest BCUT2D eigenvalue weighted by Crippen LogP contribution is 2.31. The van der Waals surface area contributed by atoms with Crippen LogP contribution in [0.15, 0.2) is 6.07 Å². The number of likely N-dealkylation sites (tertiary alicyclic amines) is 1. The molecule has 2 rings (SSSR count). The van der Waals surface area contributed by atoms with E-state index in [1.807, 2.05) is 11.7 Å². The summed E-state index contributed by atoms with van der Waals surface area (Å²) in [6, 6.07) is 3.19. The Hall–Kier alpha value is -0.870. The molecule has 0 unspecified atom stereocenters. The SMILES string of the molecule is CC(C)N1CCCC[C@@H]1c1cc(CCO)n(C)n1. The smallest absolute Gasteiger partial charge is 0.0799 e. The minimum absolute atomic E-state index is 0.192. The largest absolute Gasteiger partial charge is 0.396 e. The van der Waals surface area contributed by atoms with Crippen molar-refractivity contribution in [2.24, 2.45) is 7.05 Å². The van der Waals surface area contributed by atoms with E-state index in [1.54, 1.807) is 0 Å². The number of nitrogens with zero attached hydrogens (tertiary/aromatic N) is 3. The Morgan fingerprint density at radius 2 is 2.22 bits per heavy atom. The lowest BCUT2D eigenvalue weighted by molar-refractivity contribution is 0.109. The lowest BCUT2D eigenvalue weighted by atomic mass is 9.97. The predicted molar refractivity (Wildman–Crippen MR) is 72.4 cm³/mol. The molecular formula is C14H25N3O. The molecule has 0 saturated carbocycles.